The lowest BCUT2D eigenvalue weighted by Gasteiger charge is -2.25. The molecule has 2 rings (SSSR count). The Morgan fingerprint density at radius 3 is 2.74 bits per heavy atom. The normalized spacial score (nSPS) is 18.8. The fourth-order valence-corrected chi connectivity index (χ4v) is 2.76. The van der Waals surface area contributed by atoms with Crippen LogP contribution in [0, 0.1) is 6.92 Å². The van der Waals surface area contributed by atoms with Crippen LogP contribution in [0.25, 0.3) is 0 Å². The number of unbranched alkanes of at least 4 members (excludes halogenated alkanes) is 1. The summed E-state index contributed by atoms with van der Waals surface area (Å²) in [6.45, 7) is 3.67. The second kappa shape index (κ2) is 6.71. The zero-order valence-corrected chi connectivity index (χ0v) is 11.8. The lowest BCUT2D eigenvalue weighted by atomic mass is 10.0. The van der Waals surface area contributed by atoms with E-state index in [-0.39, 0.29) is 11.9 Å². The van der Waals surface area contributed by atoms with E-state index < -0.39 is 0 Å². The number of carbonyl (C=O) groups excluding carboxylic acids is 1. The smallest absolute Gasteiger partial charge is 0.223 e. The number of hydrogen-bond donors (Lipinski definition) is 1. The molecule has 0 radical (unpaired) electrons. The lowest BCUT2D eigenvalue weighted by molar-refractivity contribution is -0.132. The third-order valence-corrected chi connectivity index (χ3v) is 3.88. The van der Waals surface area contributed by atoms with Gasteiger partial charge < -0.3 is 10.6 Å². The number of hydrogen-bond acceptors (Lipinski definition) is 2. The molecule has 0 aromatic heterocycles. The number of likely N-dealkylation sites (tertiary alicyclic amines) is 1. The maximum absolute atomic E-state index is 12.3. The molecule has 0 bridgehead atoms. The van der Waals surface area contributed by atoms with Crippen molar-refractivity contribution in [2.24, 2.45) is 5.73 Å². The second-order valence-electron chi connectivity index (χ2n) is 5.40. The molecule has 1 saturated heterocycles. The van der Waals surface area contributed by atoms with Gasteiger partial charge in [0.25, 0.3) is 0 Å². The molecule has 0 saturated carbocycles. The average molecular weight is 260 g/mol. The number of nitrogens with zero attached hydrogens (tertiary/aromatic N) is 1. The van der Waals surface area contributed by atoms with Gasteiger partial charge in [-0.2, -0.15) is 0 Å². The Bertz CT molecular complexity index is 413. The first-order valence-electron chi connectivity index (χ1n) is 7.28. The van der Waals surface area contributed by atoms with Crippen LogP contribution in [0.2, 0.25) is 0 Å². The average Bonchev–Trinajstić information content (AvgIpc) is 2.89. The van der Waals surface area contributed by atoms with Gasteiger partial charge in [0.1, 0.15) is 0 Å². The van der Waals surface area contributed by atoms with E-state index in [2.05, 4.69) is 36.1 Å². The third kappa shape index (κ3) is 3.57. The molecular formula is C16H24N2O. The zero-order valence-electron chi connectivity index (χ0n) is 11.8. The highest BCUT2D eigenvalue weighted by molar-refractivity contribution is 5.77. The highest BCUT2D eigenvalue weighted by Gasteiger charge is 2.29. The summed E-state index contributed by atoms with van der Waals surface area (Å²) < 4.78 is 0. The molecule has 0 spiro atoms. The molecule has 3 heteroatoms. The minimum atomic E-state index is 0.283. The highest BCUT2D eigenvalue weighted by atomic mass is 16.2. The van der Waals surface area contributed by atoms with Crippen LogP contribution in [-0.2, 0) is 4.79 Å². The molecule has 1 fully saturated rings. The fraction of sp³-hybridized carbons (Fsp3) is 0.562. The zero-order chi connectivity index (χ0) is 13.7. The molecule has 19 heavy (non-hydrogen) atoms. The molecule has 3 nitrogen and oxygen atoms in total. The summed E-state index contributed by atoms with van der Waals surface area (Å²) in [5, 5.41) is 0. The Kier molecular flexibility index (Phi) is 4.97. The highest BCUT2D eigenvalue weighted by Crippen LogP contribution is 2.32. The van der Waals surface area contributed by atoms with E-state index >= 15 is 0 Å². The van der Waals surface area contributed by atoms with E-state index in [9.17, 15) is 4.79 Å². The number of rotatable bonds is 5. The van der Waals surface area contributed by atoms with E-state index in [0.29, 0.717) is 13.0 Å². The van der Waals surface area contributed by atoms with Crippen molar-refractivity contribution in [2.75, 3.05) is 13.1 Å². The van der Waals surface area contributed by atoms with E-state index in [1.54, 1.807) is 0 Å². The summed E-state index contributed by atoms with van der Waals surface area (Å²) in [7, 11) is 0. The molecule has 1 amide bonds. The minimum absolute atomic E-state index is 0.283. The number of aryl methyl sites for hydroxylation is 1. The first kappa shape index (κ1) is 14.1. The van der Waals surface area contributed by atoms with E-state index in [1.807, 2.05) is 0 Å². The van der Waals surface area contributed by atoms with Crippen molar-refractivity contribution < 1.29 is 4.79 Å². The first-order valence-corrected chi connectivity index (χ1v) is 7.28. The Morgan fingerprint density at radius 1 is 1.32 bits per heavy atom. The topological polar surface area (TPSA) is 46.3 Å². The molecule has 1 aromatic carbocycles. The standard InChI is InChI=1S/C16H24N2O/c1-13-7-9-14(10-8-13)15-5-4-12-18(15)16(19)6-2-3-11-17/h7-10,15H,2-6,11-12,17H2,1H3. The summed E-state index contributed by atoms with van der Waals surface area (Å²) in [4.78, 5) is 14.3. The summed E-state index contributed by atoms with van der Waals surface area (Å²) in [5.41, 5.74) is 8.02. The van der Waals surface area contributed by atoms with Gasteiger partial charge in [-0.25, -0.2) is 0 Å². The van der Waals surface area contributed by atoms with Crippen LogP contribution in [0.5, 0.6) is 0 Å². The summed E-state index contributed by atoms with van der Waals surface area (Å²) >= 11 is 0. The van der Waals surface area contributed by atoms with Gasteiger partial charge in [0.05, 0.1) is 6.04 Å². The van der Waals surface area contributed by atoms with E-state index in [1.165, 1.54) is 11.1 Å². The lowest BCUT2D eigenvalue weighted by Crippen LogP contribution is -2.30. The largest absolute Gasteiger partial charge is 0.336 e. The SMILES string of the molecule is Cc1ccc(C2CCCN2C(=O)CCCCN)cc1. The van der Waals surface area contributed by atoms with Crippen molar-refractivity contribution in [3.8, 4) is 0 Å². The van der Waals surface area contributed by atoms with Crippen LogP contribution in [0.3, 0.4) is 0 Å². The van der Waals surface area contributed by atoms with Gasteiger partial charge in [-0.3, -0.25) is 4.79 Å². The Morgan fingerprint density at radius 2 is 2.05 bits per heavy atom. The van der Waals surface area contributed by atoms with Crippen LogP contribution in [0.1, 0.15) is 49.3 Å². The van der Waals surface area contributed by atoms with Crippen LogP contribution in [0.15, 0.2) is 24.3 Å². The van der Waals surface area contributed by atoms with Gasteiger partial charge in [0.15, 0.2) is 0 Å². The van der Waals surface area contributed by atoms with Gasteiger partial charge in [0.2, 0.25) is 5.91 Å². The quantitative estimate of drug-likeness (QED) is 0.827. The van der Waals surface area contributed by atoms with Crippen molar-refractivity contribution >= 4 is 5.91 Å². The first-order chi connectivity index (χ1) is 9.22. The van der Waals surface area contributed by atoms with Crippen molar-refractivity contribution in [1.29, 1.82) is 0 Å². The summed E-state index contributed by atoms with van der Waals surface area (Å²) in [5.74, 6) is 0.288. The number of amides is 1. The van der Waals surface area contributed by atoms with E-state index in [0.717, 1.165) is 32.2 Å². The fourth-order valence-electron chi connectivity index (χ4n) is 2.76. The third-order valence-electron chi connectivity index (χ3n) is 3.88. The van der Waals surface area contributed by atoms with Gasteiger partial charge >= 0.3 is 0 Å². The maximum atomic E-state index is 12.3. The summed E-state index contributed by atoms with van der Waals surface area (Å²) in [6, 6.07) is 8.86. The van der Waals surface area contributed by atoms with Crippen LogP contribution < -0.4 is 5.73 Å². The molecule has 1 heterocycles. The van der Waals surface area contributed by atoms with E-state index in [4.69, 9.17) is 5.73 Å². The molecule has 1 aliphatic rings. The van der Waals surface area contributed by atoms with Gasteiger partial charge in [-0.05, 0) is 44.7 Å². The molecule has 1 unspecified atom stereocenters. The van der Waals surface area contributed by atoms with Crippen molar-refractivity contribution in [3.05, 3.63) is 35.4 Å². The monoisotopic (exact) mass is 260 g/mol. The predicted octanol–water partition coefficient (Wildman–Crippen LogP) is 2.79. The Labute approximate surface area is 115 Å². The number of nitrogens with two attached hydrogens (primary N) is 1. The van der Waals surface area contributed by atoms with Crippen molar-refractivity contribution in [2.45, 2.75) is 45.1 Å². The molecular weight excluding hydrogens is 236 g/mol. The van der Waals surface area contributed by atoms with Gasteiger partial charge in [-0.15, -0.1) is 0 Å². The van der Waals surface area contributed by atoms with Crippen LogP contribution in [-0.4, -0.2) is 23.9 Å². The predicted molar refractivity (Wildman–Crippen MR) is 77.8 cm³/mol. The number of benzene rings is 1. The Balaban J connectivity index is 2.00. The molecule has 1 aliphatic heterocycles. The second-order valence-corrected chi connectivity index (χ2v) is 5.40. The van der Waals surface area contributed by atoms with Crippen molar-refractivity contribution in [1.82, 2.24) is 4.90 Å². The Hall–Kier alpha value is -1.35. The summed E-state index contributed by atoms with van der Waals surface area (Å²) in [6.07, 6.45) is 4.69. The van der Waals surface area contributed by atoms with Crippen LogP contribution in [0.4, 0.5) is 0 Å². The minimum Gasteiger partial charge on any atom is -0.336 e. The van der Waals surface area contributed by atoms with Gasteiger partial charge in [-0.1, -0.05) is 29.8 Å². The molecule has 1 atom stereocenters. The maximum Gasteiger partial charge on any atom is 0.223 e. The van der Waals surface area contributed by atoms with Crippen LogP contribution >= 0.6 is 0 Å². The van der Waals surface area contributed by atoms with Gasteiger partial charge in [0, 0.05) is 13.0 Å². The molecule has 104 valence electrons. The number of carbonyl (C=O) groups is 1. The molecule has 0 aliphatic carbocycles. The van der Waals surface area contributed by atoms with Crippen molar-refractivity contribution in [3.63, 3.8) is 0 Å². The molecule has 1 aromatic rings. The molecule has 2 N–H and O–H groups in total.